The number of hydrogen-bond donors (Lipinski definition) is 2. The van der Waals surface area contributed by atoms with Crippen LogP contribution in [0.15, 0.2) is 29.2 Å². The van der Waals surface area contributed by atoms with Crippen molar-refractivity contribution in [2.45, 2.75) is 18.2 Å². The van der Waals surface area contributed by atoms with E-state index in [4.69, 9.17) is 4.74 Å². The fraction of sp³-hybridized carbons (Fsp3) is 0.438. The van der Waals surface area contributed by atoms with Crippen molar-refractivity contribution in [1.29, 1.82) is 0 Å². The van der Waals surface area contributed by atoms with Gasteiger partial charge in [0.05, 0.1) is 17.4 Å². The molecule has 0 saturated carbocycles. The van der Waals surface area contributed by atoms with Crippen LogP contribution < -0.4 is 10.0 Å². The number of carbonyl (C=O) groups excluding carboxylic acids is 3. The number of nitrogens with zero attached hydrogens (tertiary/aromatic N) is 1. The molecular formula is C16H21N3O6S. The zero-order valence-corrected chi connectivity index (χ0v) is 15.3. The Hall–Kier alpha value is -2.46. The Morgan fingerprint density at radius 2 is 1.92 bits per heavy atom. The number of sulfonamides is 1. The van der Waals surface area contributed by atoms with Crippen molar-refractivity contribution in [3.63, 3.8) is 0 Å². The van der Waals surface area contributed by atoms with Gasteiger partial charge in [0.25, 0.3) is 10.0 Å². The molecule has 3 amide bonds. The van der Waals surface area contributed by atoms with Crippen LogP contribution in [0.2, 0.25) is 0 Å². The van der Waals surface area contributed by atoms with Crippen LogP contribution in [0.4, 0.5) is 5.69 Å². The maximum atomic E-state index is 12.3. The molecule has 2 N–H and O–H groups in total. The Kier molecular flexibility index (Phi) is 6.32. The van der Waals surface area contributed by atoms with Gasteiger partial charge in [-0.2, -0.15) is 0 Å². The van der Waals surface area contributed by atoms with Gasteiger partial charge >= 0.3 is 0 Å². The number of anilines is 1. The highest BCUT2D eigenvalue weighted by Gasteiger charge is 2.34. The van der Waals surface area contributed by atoms with Gasteiger partial charge in [-0.1, -0.05) is 0 Å². The maximum absolute atomic E-state index is 12.3. The normalized spacial score (nSPS) is 17.2. The standard InChI is InChI=1S/C16H21N3O6S/c1-11(20)18-26(23,24)14-5-3-13(4-6-14)17-16(22)12-9-15(21)19(10-12)7-8-25-2/h3-6,12H,7-10H2,1-2H3,(H,17,22)(H,18,20). The van der Waals surface area contributed by atoms with E-state index in [0.29, 0.717) is 25.4 Å². The Labute approximate surface area is 151 Å². The molecule has 1 aliphatic rings. The second kappa shape index (κ2) is 8.28. The quantitative estimate of drug-likeness (QED) is 0.680. The number of carbonyl (C=O) groups is 3. The summed E-state index contributed by atoms with van der Waals surface area (Å²) in [6.07, 6.45) is 0.130. The van der Waals surface area contributed by atoms with Gasteiger partial charge in [-0.05, 0) is 24.3 Å². The number of benzene rings is 1. The van der Waals surface area contributed by atoms with Crippen LogP contribution in [0.3, 0.4) is 0 Å². The van der Waals surface area contributed by atoms with Gasteiger partial charge < -0.3 is 15.0 Å². The van der Waals surface area contributed by atoms with Crippen LogP contribution in [-0.2, 0) is 29.1 Å². The first kappa shape index (κ1) is 19.9. The van der Waals surface area contributed by atoms with Gasteiger partial charge in [0.2, 0.25) is 17.7 Å². The smallest absolute Gasteiger partial charge is 0.264 e. The van der Waals surface area contributed by atoms with Gasteiger partial charge in [-0.25, -0.2) is 13.1 Å². The Bertz CT molecular complexity index is 791. The number of nitrogens with one attached hydrogen (secondary N) is 2. The topological polar surface area (TPSA) is 122 Å². The number of amides is 3. The van der Waals surface area contributed by atoms with E-state index >= 15 is 0 Å². The Morgan fingerprint density at radius 1 is 1.27 bits per heavy atom. The molecule has 0 aromatic heterocycles. The number of likely N-dealkylation sites (tertiary alicyclic amines) is 1. The highest BCUT2D eigenvalue weighted by molar-refractivity contribution is 7.90. The Morgan fingerprint density at radius 3 is 2.50 bits per heavy atom. The molecule has 0 bridgehead atoms. The minimum Gasteiger partial charge on any atom is -0.383 e. The van der Waals surface area contributed by atoms with Gasteiger partial charge in [0, 0.05) is 39.2 Å². The summed E-state index contributed by atoms with van der Waals surface area (Å²) in [6, 6.07) is 5.41. The van der Waals surface area contributed by atoms with Crippen molar-refractivity contribution in [3.05, 3.63) is 24.3 Å². The fourth-order valence-electron chi connectivity index (χ4n) is 2.58. The van der Waals surface area contributed by atoms with Gasteiger partial charge in [-0.3, -0.25) is 14.4 Å². The van der Waals surface area contributed by atoms with Crippen molar-refractivity contribution in [2.24, 2.45) is 5.92 Å². The van der Waals surface area contributed by atoms with E-state index in [2.05, 4.69) is 5.32 Å². The minimum atomic E-state index is -3.92. The lowest BCUT2D eigenvalue weighted by atomic mass is 10.1. The van der Waals surface area contributed by atoms with E-state index in [9.17, 15) is 22.8 Å². The third-order valence-electron chi connectivity index (χ3n) is 3.86. The second-order valence-electron chi connectivity index (χ2n) is 5.91. The molecule has 1 aliphatic heterocycles. The minimum absolute atomic E-state index is 0.0903. The van der Waals surface area contributed by atoms with Crippen molar-refractivity contribution in [1.82, 2.24) is 9.62 Å². The summed E-state index contributed by atoms with van der Waals surface area (Å²) in [6.45, 7) is 2.27. The van der Waals surface area contributed by atoms with Crippen LogP contribution in [0, 0.1) is 5.92 Å². The van der Waals surface area contributed by atoms with Gasteiger partial charge in [0.1, 0.15) is 0 Å². The molecule has 0 aliphatic carbocycles. The predicted octanol–water partition coefficient (Wildman–Crippen LogP) is -0.0552. The molecule has 9 nitrogen and oxygen atoms in total. The molecule has 0 radical (unpaired) electrons. The van der Waals surface area contributed by atoms with Gasteiger partial charge in [-0.15, -0.1) is 0 Å². The van der Waals surface area contributed by atoms with E-state index in [0.717, 1.165) is 6.92 Å². The molecule has 10 heteroatoms. The monoisotopic (exact) mass is 383 g/mol. The second-order valence-corrected chi connectivity index (χ2v) is 7.59. The molecular weight excluding hydrogens is 362 g/mol. The molecule has 26 heavy (non-hydrogen) atoms. The molecule has 0 spiro atoms. The average molecular weight is 383 g/mol. The van der Waals surface area contributed by atoms with Crippen molar-refractivity contribution < 1.29 is 27.5 Å². The number of methoxy groups -OCH3 is 1. The molecule has 1 unspecified atom stereocenters. The highest BCUT2D eigenvalue weighted by atomic mass is 32.2. The third kappa shape index (κ3) is 5.02. The summed E-state index contributed by atoms with van der Waals surface area (Å²) in [7, 11) is -2.38. The van der Waals surface area contributed by atoms with Crippen LogP contribution in [0.5, 0.6) is 0 Å². The zero-order valence-electron chi connectivity index (χ0n) is 14.5. The van der Waals surface area contributed by atoms with E-state index in [1.807, 2.05) is 4.72 Å². The molecule has 1 fully saturated rings. The van der Waals surface area contributed by atoms with Crippen LogP contribution in [-0.4, -0.2) is 57.8 Å². The summed E-state index contributed by atoms with van der Waals surface area (Å²) in [5.74, 6) is -1.57. The largest absolute Gasteiger partial charge is 0.383 e. The SMILES string of the molecule is COCCN1CC(C(=O)Nc2ccc(S(=O)(=O)NC(C)=O)cc2)CC1=O. The molecule has 2 rings (SSSR count). The molecule has 1 saturated heterocycles. The molecule has 1 heterocycles. The summed E-state index contributed by atoms with van der Waals surface area (Å²) >= 11 is 0. The van der Waals surface area contributed by atoms with Crippen LogP contribution in [0.1, 0.15) is 13.3 Å². The number of rotatable bonds is 7. The third-order valence-corrected chi connectivity index (χ3v) is 5.31. The van der Waals surface area contributed by atoms with Crippen molar-refractivity contribution in [3.8, 4) is 0 Å². The van der Waals surface area contributed by atoms with Crippen LogP contribution in [0.25, 0.3) is 0 Å². The molecule has 1 aromatic rings. The van der Waals surface area contributed by atoms with Gasteiger partial charge in [0.15, 0.2) is 0 Å². The predicted molar refractivity (Wildman–Crippen MR) is 92.6 cm³/mol. The Balaban J connectivity index is 1.98. The number of ether oxygens (including phenoxy) is 1. The van der Waals surface area contributed by atoms with Crippen molar-refractivity contribution >= 4 is 33.4 Å². The lowest BCUT2D eigenvalue weighted by Crippen LogP contribution is -2.30. The lowest BCUT2D eigenvalue weighted by Gasteiger charge is -2.15. The molecule has 142 valence electrons. The first-order valence-electron chi connectivity index (χ1n) is 7.94. The van der Waals surface area contributed by atoms with E-state index in [1.54, 1.807) is 12.0 Å². The fourth-order valence-corrected chi connectivity index (χ4v) is 3.57. The summed E-state index contributed by atoms with van der Waals surface area (Å²) in [5.41, 5.74) is 0.402. The molecule has 1 aromatic carbocycles. The van der Waals surface area contributed by atoms with E-state index in [1.165, 1.54) is 24.3 Å². The van der Waals surface area contributed by atoms with Crippen molar-refractivity contribution in [2.75, 3.05) is 32.1 Å². The maximum Gasteiger partial charge on any atom is 0.264 e. The summed E-state index contributed by atoms with van der Waals surface area (Å²) in [5, 5.41) is 2.67. The highest BCUT2D eigenvalue weighted by Crippen LogP contribution is 2.20. The van der Waals surface area contributed by atoms with Crippen LogP contribution >= 0.6 is 0 Å². The first-order chi connectivity index (χ1) is 12.2. The first-order valence-corrected chi connectivity index (χ1v) is 9.42. The summed E-state index contributed by atoms with van der Waals surface area (Å²) in [4.78, 5) is 36.6. The van der Waals surface area contributed by atoms with E-state index in [-0.39, 0.29) is 23.1 Å². The summed E-state index contributed by atoms with van der Waals surface area (Å²) < 4.78 is 30.5. The lowest BCUT2D eigenvalue weighted by molar-refractivity contribution is -0.128. The average Bonchev–Trinajstić information content (AvgIpc) is 2.93. The van der Waals surface area contributed by atoms with E-state index < -0.39 is 21.8 Å². The zero-order chi connectivity index (χ0) is 19.3. The number of hydrogen-bond acceptors (Lipinski definition) is 6. The molecule has 1 atom stereocenters.